The molecule has 0 fully saturated rings. The zero-order valence-electron chi connectivity index (χ0n) is 15.3. The number of sulfonamides is 3. The molecule has 0 saturated heterocycles. The van der Waals surface area contributed by atoms with E-state index in [0.29, 0.717) is 11.8 Å². The summed E-state index contributed by atoms with van der Waals surface area (Å²) >= 11 is 0. The molecule has 0 heterocycles. The lowest BCUT2D eigenvalue weighted by atomic mass is 9.97. The van der Waals surface area contributed by atoms with E-state index >= 15 is 0 Å². The Labute approximate surface area is 161 Å². The number of benzene rings is 1. The molecule has 0 bridgehead atoms. The fourth-order valence-corrected chi connectivity index (χ4v) is 9.00. The van der Waals surface area contributed by atoms with E-state index in [9.17, 15) is 30.0 Å². The second-order valence-corrected chi connectivity index (χ2v) is 12.5. The van der Waals surface area contributed by atoms with Gasteiger partial charge in [0.25, 0.3) is 10.0 Å². The number of hydrogen-bond donors (Lipinski definition) is 0. The summed E-state index contributed by atoms with van der Waals surface area (Å²) in [7, 11) is -14.2. The summed E-state index contributed by atoms with van der Waals surface area (Å²) in [5.41, 5.74) is 0.328. The maximum atomic E-state index is 12.6. The molecule has 0 aliphatic heterocycles. The Bertz CT molecular complexity index is 1010. The van der Waals surface area contributed by atoms with Crippen molar-refractivity contribution in [3.05, 3.63) is 42.5 Å². The third-order valence-electron chi connectivity index (χ3n) is 3.64. The normalized spacial score (nSPS) is 14.1. The van der Waals surface area contributed by atoms with Crippen molar-refractivity contribution in [3.8, 4) is 0 Å². The molecular formula is C16H23NO7S3. The first-order valence-corrected chi connectivity index (χ1v) is 12.8. The van der Waals surface area contributed by atoms with Gasteiger partial charge >= 0.3 is 0 Å². The topological polar surface area (TPSA) is 123 Å². The molecule has 1 unspecified atom stereocenters. The van der Waals surface area contributed by atoms with E-state index in [1.165, 1.54) is 25.1 Å². The predicted molar refractivity (Wildman–Crippen MR) is 102 cm³/mol. The highest BCUT2D eigenvalue weighted by Gasteiger charge is 2.42. The van der Waals surface area contributed by atoms with Crippen LogP contribution in [0.1, 0.15) is 26.7 Å². The molecule has 0 saturated carbocycles. The van der Waals surface area contributed by atoms with Crippen molar-refractivity contribution in [2.45, 2.75) is 31.6 Å². The molecule has 0 aliphatic carbocycles. The van der Waals surface area contributed by atoms with E-state index in [1.807, 2.05) is 0 Å². The highest BCUT2D eigenvalue weighted by Crippen LogP contribution is 2.24. The van der Waals surface area contributed by atoms with Crippen LogP contribution in [0, 0.1) is 5.92 Å². The Morgan fingerprint density at radius 3 is 2.04 bits per heavy atom. The van der Waals surface area contributed by atoms with Crippen molar-refractivity contribution in [2.24, 2.45) is 5.92 Å². The van der Waals surface area contributed by atoms with Crippen LogP contribution < -0.4 is 0 Å². The highest BCUT2D eigenvalue weighted by molar-refractivity contribution is 8.17. The van der Waals surface area contributed by atoms with Gasteiger partial charge in [-0.2, -0.15) is 0 Å². The molecule has 1 aromatic rings. The van der Waals surface area contributed by atoms with Crippen LogP contribution in [-0.4, -0.2) is 46.2 Å². The Morgan fingerprint density at radius 2 is 1.59 bits per heavy atom. The molecule has 1 aromatic carbocycles. The molecular weight excluding hydrogens is 414 g/mol. The summed E-state index contributed by atoms with van der Waals surface area (Å²) in [6.07, 6.45) is 0.574. The van der Waals surface area contributed by atoms with E-state index in [1.54, 1.807) is 6.92 Å². The van der Waals surface area contributed by atoms with Gasteiger partial charge in [0.1, 0.15) is 0 Å². The lowest BCUT2D eigenvalue weighted by Gasteiger charge is -2.20. The molecule has 0 aromatic heterocycles. The third kappa shape index (κ3) is 5.96. The Balaban J connectivity index is 3.14. The zero-order valence-corrected chi connectivity index (χ0v) is 17.8. The minimum atomic E-state index is -4.82. The minimum Gasteiger partial charge on any atom is -0.294 e. The number of nitrogens with zero attached hydrogens (tertiary/aromatic N) is 1. The van der Waals surface area contributed by atoms with Crippen LogP contribution in [0.5, 0.6) is 0 Å². The van der Waals surface area contributed by atoms with Gasteiger partial charge in [-0.3, -0.25) is 4.79 Å². The summed E-state index contributed by atoms with van der Waals surface area (Å²) in [6.45, 7) is 6.66. The number of rotatable bonds is 10. The SMILES string of the molecule is C=C(C)C(=O)C(C)CCCS(=O)(=O)N(S(C)(=O)=O)S(=O)(=O)c1ccccc1. The van der Waals surface area contributed by atoms with Crippen LogP contribution in [0.4, 0.5) is 0 Å². The maximum Gasteiger partial charge on any atom is 0.269 e. The van der Waals surface area contributed by atoms with Crippen molar-refractivity contribution in [2.75, 3.05) is 12.0 Å². The largest absolute Gasteiger partial charge is 0.294 e. The first-order valence-electron chi connectivity index (χ1n) is 7.94. The molecule has 0 radical (unpaired) electrons. The fourth-order valence-electron chi connectivity index (χ4n) is 2.41. The predicted octanol–water partition coefficient (Wildman–Crippen LogP) is 1.53. The number of carbonyl (C=O) groups excluding carboxylic acids is 1. The van der Waals surface area contributed by atoms with Gasteiger partial charge in [0.2, 0.25) is 20.0 Å². The Morgan fingerprint density at radius 1 is 1.07 bits per heavy atom. The van der Waals surface area contributed by atoms with Crippen LogP contribution in [0.25, 0.3) is 0 Å². The van der Waals surface area contributed by atoms with Gasteiger partial charge in [0, 0.05) is 9.03 Å². The van der Waals surface area contributed by atoms with E-state index in [0.717, 1.165) is 12.1 Å². The number of hydrogen-bond acceptors (Lipinski definition) is 7. The van der Waals surface area contributed by atoms with Crippen LogP contribution >= 0.6 is 0 Å². The second kappa shape index (κ2) is 8.63. The average Bonchev–Trinajstić information content (AvgIpc) is 2.52. The van der Waals surface area contributed by atoms with Crippen LogP contribution in [-0.2, 0) is 34.9 Å². The van der Waals surface area contributed by atoms with E-state index in [2.05, 4.69) is 6.58 Å². The van der Waals surface area contributed by atoms with Crippen LogP contribution in [0.2, 0.25) is 0 Å². The molecule has 0 aliphatic rings. The summed E-state index contributed by atoms with van der Waals surface area (Å²) in [5.74, 6) is -1.47. The summed E-state index contributed by atoms with van der Waals surface area (Å²) in [5, 5.41) is 0. The molecule has 11 heteroatoms. The summed E-state index contributed by atoms with van der Waals surface area (Å²) in [6, 6.07) is 6.43. The molecule has 0 spiro atoms. The smallest absolute Gasteiger partial charge is 0.269 e. The van der Waals surface area contributed by atoms with Gasteiger partial charge in [-0.05, 0) is 37.5 Å². The maximum absolute atomic E-state index is 12.6. The first-order chi connectivity index (χ1) is 12.2. The standard InChI is InChI=1S/C16H23NO7S3/c1-13(2)16(18)14(3)9-8-12-26(21,22)17(25(4,19)20)27(23,24)15-10-6-5-7-11-15/h5-7,10-11,14H,1,8-9,12H2,2-4H3. The van der Waals surface area contributed by atoms with Crippen LogP contribution in [0.15, 0.2) is 47.4 Å². The second-order valence-electron chi connectivity index (χ2n) is 6.22. The molecule has 8 nitrogen and oxygen atoms in total. The van der Waals surface area contributed by atoms with E-state index < -0.39 is 49.8 Å². The van der Waals surface area contributed by atoms with E-state index in [4.69, 9.17) is 0 Å². The van der Waals surface area contributed by atoms with Crippen molar-refractivity contribution in [1.82, 2.24) is 3.12 Å². The molecule has 152 valence electrons. The number of ketones is 1. The number of carbonyl (C=O) groups is 1. The molecule has 1 atom stereocenters. The van der Waals surface area contributed by atoms with Gasteiger partial charge in [-0.1, -0.05) is 31.7 Å². The monoisotopic (exact) mass is 437 g/mol. The molecule has 1 rings (SSSR count). The average molecular weight is 438 g/mol. The molecule has 0 N–H and O–H groups in total. The van der Waals surface area contributed by atoms with Gasteiger partial charge < -0.3 is 0 Å². The van der Waals surface area contributed by atoms with E-state index in [-0.39, 0.29) is 18.6 Å². The van der Waals surface area contributed by atoms with Crippen molar-refractivity contribution < 1.29 is 30.0 Å². The van der Waals surface area contributed by atoms with Crippen molar-refractivity contribution in [3.63, 3.8) is 0 Å². The van der Waals surface area contributed by atoms with Gasteiger partial charge in [0.05, 0.1) is 16.9 Å². The fraction of sp³-hybridized carbons (Fsp3) is 0.438. The molecule has 27 heavy (non-hydrogen) atoms. The van der Waals surface area contributed by atoms with Crippen molar-refractivity contribution >= 4 is 35.9 Å². The Kier molecular flexibility index (Phi) is 7.51. The highest BCUT2D eigenvalue weighted by atomic mass is 32.3. The number of allylic oxidation sites excluding steroid dienone is 1. The van der Waals surface area contributed by atoms with Crippen LogP contribution in [0.3, 0.4) is 0 Å². The van der Waals surface area contributed by atoms with Gasteiger partial charge in [-0.25, -0.2) is 25.3 Å². The molecule has 0 amide bonds. The Hall–Kier alpha value is -1.56. The lowest BCUT2D eigenvalue weighted by molar-refractivity contribution is -0.118. The van der Waals surface area contributed by atoms with Gasteiger partial charge in [-0.15, -0.1) is 0 Å². The minimum absolute atomic E-state index is 0.0845. The zero-order chi connectivity index (χ0) is 21.0. The quantitative estimate of drug-likeness (QED) is 0.509. The summed E-state index contributed by atoms with van der Waals surface area (Å²) in [4.78, 5) is 11.3. The summed E-state index contributed by atoms with van der Waals surface area (Å²) < 4.78 is 73.9. The van der Waals surface area contributed by atoms with Crippen molar-refractivity contribution in [1.29, 1.82) is 0 Å². The number of Topliss-reactive ketones (excluding diaryl/α,β-unsaturated/α-hetero) is 1. The first kappa shape index (κ1) is 23.5. The lowest BCUT2D eigenvalue weighted by Crippen LogP contribution is -2.42. The van der Waals surface area contributed by atoms with Gasteiger partial charge in [0.15, 0.2) is 5.78 Å². The third-order valence-corrected chi connectivity index (χ3v) is 10.9.